The summed E-state index contributed by atoms with van der Waals surface area (Å²) in [5.41, 5.74) is 0. The van der Waals surface area contributed by atoms with Crippen molar-refractivity contribution in [3.05, 3.63) is 0 Å². The standard InChI is InChI=1S/C12H17N3O5/c1-13-6-10(17)15(12(13)20)7-9(16)14-4-2-8(3-5-14)11(18)19/h8H,2-7H2,1H3,(H,18,19). The Balaban J connectivity index is 1.89. The van der Waals surface area contributed by atoms with Crippen molar-refractivity contribution in [1.82, 2.24) is 14.7 Å². The molecule has 0 atom stereocenters. The minimum absolute atomic E-state index is 0.00674. The van der Waals surface area contributed by atoms with E-state index in [1.807, 2.05) is 0 Å². The second kappa shape index (κ2) is 5.48. The fourth-order valence-corrected chi connectivity index (χ4v) is 2.44. The summed E-state index contributed by atoms with van der Waals surface area (Å²) < 4.78 is 0. The van der Waals surface area contributed by atoms with Gasteiger partial charge in [0.1, 0.15) is 13.1 Å². The number of likely N-dealkylation sites (tertiary alicyclic amines) is 1. The summed E-state index contributed by atoms with van der Waals surface area (Å²) in [6.45, 7) is 0.427. The topological polar surface area (TPSA) is 98.2 Å². The highest BCUT2D eigenvalue weighted by molar-refractivity contribution is 6.04. The van der Waals surface area contributed by atoms with Crippen molar-refractivity contribution >= 4 is 23.8 Å². The number of amides is 4. The van der Waals surface area contributed by atoms with Crippen LogP contribution in [0.5, 0.6) is 0 Å². The number of carboxylic acid groups (broad SMARTS) is 1. The number of carbonyl (C=O) groups excluding carboxylic acids is 3. The molecule has 2 aliphatic heterocycles. The van der Waals surface area contributed by atoms with Crippen LogP contribution in [0.1, 0.15) is 12.8 Å². The molecule has 8 nitrogen and oxygen atoms in total. The van der Waals surface area contributed by atoms with Crippen LogP contribution in [0.4, 0.5) is 4.79 Å². The van der Waals surface area contributed by atoms with Crippen LogP contribution in [-0.4, -0.2) is 76.8 Å². The van der Waals surface area contributed by atoms with Crippen molar-refractivity contribution in [1.29, 1.82) is 0 Å². The maximum absolute atomic E-state index is 12.0. The number of aliphatic carboxylic acids is 1. The van der Waals surface area contributed by atoms with E-state index in [1.165, 1.54) is 16.8 Å². The molecule has 110 valence electrons. The van der Waals surface area contributed by atoms with E-state index in [0.29, 0.717) is 25.9 Å². The summed E-state index contributed by atoms with van der Waals surface area (Å²) >= 11 is 0. The highest BCUT2D eigenvalue weighted by Crippen LogP contribution is 2.18. The number of urea groups is 1. The van der Waals surface area contributed by atoms with Crippen LogP contribution in [0, 0.1) is 5.92 Å². The van der Waals surface area contributed by atoms with Gasteiger partial charge in [0.05, 0.1) is 5.92 Å². The SMILES string of the molecule is CN1CC(=O)N(CC(=O)N2CCC(C(=O)O)CC2)C1=O. The Morgan fingerprint density at radius 2 is 1.85 bits per heavy atom. The zero-order chi connectivity index (χ0) is 14.9. The molecule has 0 aliphatic carbocycles. The van der Waals surface area contributed by atoms with Gasteiger partial charge in [-0.15, -0.1) is 0 Å². The van der Waals surface area contributed by atoms with Crippen LogP contribution in [0.2, 0.25) is 0 Å². The molecule has 0 radical (unpaired) electrons. The predicted octanol–water partition coefficient (Wildman–Crippen LogP) is -0.796. The van der Waals surface area contributed by atoms with Gasteiger partial charge < -0.3 is 14.9 Å². The highest BCUT2D eigenvalue weighted by atomic mass is 16.4. The molecular formula is C12H17N3O5. The third-order valence-corrected chi connectivity index (χ3v) is 3.72. The number of nitrogens with zero attached hydrogens (tertiary/aromatic N) is 3. The maximum Gasteiger partial charge on any atom is 0.327 e. The number of rotatable bonds is 3. The van der Waals surface area contributed by atoms with E-state index in [0.717, 1.165) is 4.90 Å². The molecule has 0 aromatic heterocycles. The first-order chi connectivity index (χ1) is 9.40. The number of carboxylic acids is 1. The van der Waals surface area contributed by atoms with Crippen molar-refractivity contribution in [2.24, 2.45) is 5.92 Å². The van der Waals surface area contributed by atoms with Crippen molar-refractivity contribution in [3.8, 4) is 0 Å². The van der Waals surface area contributed by atoms with E-state index in [-0.39, 0.29) is 24.9 Å². The van der Waals surface area contributed by atoms with E-state index in [4.69, 9.17) is 5.11 Å². The third kappa shape index (κ3) is 2.73. The number of hydrogen-bond acceptors (Lipinski definition) is 4. The largest absolute Gasteiger partial charge is 0.481 e. The summed E-state index contributed by atoms with van der Waals surface area (Å²) in [5, 5.41) is 8.89. The lowest BCUT2D eigenvalue weighted by atomic mass is 9.97. The Kier molecular flexibility index (Phi) is 3.91. The van der Waals surface area contributed by atoms with Gasteiger partial charge in [-0.1, -0.05) is 0 Å². The van der Waals surface area contributed by atoms with E-state index < -0.39 is 17.9 Å². The molecule has 0 unspecified atom stereocenters. The summed E-state index contributed by atoms with van der Waals surface area (Å²) in [4.78, 5) is 49.8. The highest BCUT2D eigenvalue weighted by Gasteiger charge is 2.36. The van der Waals surface area contributed by atoms with Gasteiger partial charge in [-0.25, -0.2) is 4.79 Å². The first-order valence-corrected chi connectivity index (χ1v) is 6.46. The van der Waals surface area contributed by atoms with Gasteiger partial charge in [-0.2, -0.15) is 0 Å². The Morgan fingerprint density at radius 3 is 2.30 bits per heavy atom. The molecule has 2 aliphatic rings. The minimum Gasteiger partial charge on any atom is -0.481 e. The molecule has 0 saturated carbocycles. The van der Waals surface area contributed by atoms with Crippen molar-refractivity contribution in [3.63, 3.8) is 0 Å². The maximum atomic E-state index is 12.0. The number of likely N-dealkylation sites (N-methyl/N-ethyl adjacent to an activating group) is 1. The molecule has 20 heavy (non-hydrogen) atoms. The first-order valence-electron chi connectivity index (χ1n) is 6.46. The Morgan fingerprint density at radius 1 is 1.25 bits per heavy atom. The van der Waals surface area contributed by atoms with E-state index >= 15 is 0 Å². The molecule has 2 fully saturated rings. The molecule has 0 aromatic rings. The molecule has 1 N–H and O–H groups in total. The van der Waals surface area contributed by atoms with Crippen molar-refractivity contribution < 1.29 is 24.3 Å². The van der Waals surface area contributed by atoms with Gasteiger partial charge >= 0.3 is 12.0 Å². The number of carbonyl (C=O) groups is 4. The van der Waals surface area contributed by atoms with Gasteiger partial charge in [0.25, 0.3) is 5.91 Å². The monoisotopic (exact) mass is 283 g/mol. The molecule has 4 amide bonds. The molecular weight excluding hydrogens is 266 g/mol. The molecule has 2 heterocycles. The van der Waals surface area contributed by atoms with Gasteiger partial charge in [0, 0.05) is 20.1 Å². The summed E-state index contributed by atoms with van der Waals surface area (Å²) in [6, 6.07) is -0.469. The minimum atomic E-state index is -0.844. The van der Waals surface area contributed by atoms with Crippen LogP contribution in [0.3, 0.4) is 0 Å². The van der Waals surface area contributed by atoms with Gasteiger partial charge in [0.15, 0.2) is 0 Å². The number of hydrogen-bond donors (Lipinski definition) is 1. The fraction of sp³-hybridized carbons (Fsp3) is 0.667. The predicted molar refractivity (Wildman–Crippen MR) is 66.7 cm³/mol. The molecule has 2 rings (SSSR count). The van der Waals surface area contributed by atoms with Crippen molar-refractivity contribution in [2.45, 2.75) is 12.8 Å². The van der Waals surface area contributed by atoms with Crippen molar-refractivity contribution in [2.75, 3.05) is 33.2 Å². The Bertz CT molecular complexity index is 456. The van der Waals surface area contributed by atoms with Gasteiger partial charge in [-0.3, -0.25) is 19.3 Å². The lowest BCUT2D eigenvalue weighted by molar-refractivity contribution is -0.146. The van der Waals surface area contributed by atoms with Gasteiger partial charge in [0.2, 0.25) is 5.91 Å². The summed E-state index contributed by atoms with van der Waals surface area (Å²) in [5.74, 6) is -1.96. The summed E-state index contributed by atoms with van der Waals surface area (Å²) in [7, 11) is 1.50. The zero-order valence-electron chi connectivity index (χ0n) is 11.2. The van der Waals surface area contributed by atoms with E-state index in [2.05, 4.69) is 0 Å². The van der Waals surface area contributed by atoms with Crippen LogP contribution >= 0.6 is 0 Å². The average Bonchev–Trinajstić information content (AvgIpc) is 2.65. The number of piperidine rings is 1. The normalized spacial score (nSPS) is 20.8. The van der Waals surface area contributed by atoms with Crippen LogP contribution in [-0.2, 0) is 14.4 Å². The Hall–Kier alpha value is -2.12. The van der Waals surface area contributed by atoms with Gasteiger partial charge in [-0.05, 0) is 12.8 Å². The second-order valence-corrected chi connectivity index (χ2v) is 5.11. The van der Waals surface area contributed by atoms with Crippen LogP contribution in [0.15, 0.2) is 0 Å². The smallest absolute Gasteiger partial charge is 0.327 e. The molecule has 0 aromatic carbocycles. The Labute approximate surface area is 115 Å². The first kappa shape index (κ1) is 14.3. The zero-order valence-corrected chi connectivity index (χ0v) is 11.2. The quantitative estimate of drug-likeness (QED) is 0.684. The third-order valence-electron chi connectivity index (χ3n) is 3.72. The lowest BCUT2D eigenvalue weighted by Gasteiger charge is -2.31. The summed E-state index contributed by atoms with van der Waals surface area (Å²) in [6.07, 6.45) is 0.811. The molecule has 8 heteroatoms. The molecule has 2 saturated heterocycles. The van der Waals surface area contributed by atoms with Crippen LogP contribution in [0.25, 0.3) is 0 Å². The molecule has 0 bridgehead atoms. The fourth-order valence-electron chi connectivity index (χ4n) is 2.44. The average molecular weight is 283 g/mol. The number of imide groups is 1. The lowest BCUT2D eigenvalue weighted by Crippen LogP contribution is -2.46. The van der Waals surface area contributed by atoms with E-state index in [1.54, 1.807) is 0 Å². The van der Waals surface area contributed by atoms with Crippen LogP contribution < -0.4 is 0 Å². The van der Waals surface area contributed by atoms with E-state index in [9.17, 15) is 19.2 Å². The molecule has 0 spiro atoms. The second-order valence-electron chi connectivity index (χ2n) is 5.11.